The molecule has 0 aliphatic rings. The lowest BCUT2D eigenvalue weighted by molar-refractivity contribution is 0.0696. The molecule has 25 heavy (non-hydrogen) atoms. The lowest BCUT2D eigenvalue weighted by atomic mass is 9.94. The molecule has 2 aromatic rings. The summed E-state index contributed by atoms with van der Waals surface area (Å²) in [6.07, 6.45) is 0.407. The molecule has 0 fully saturated rings. The first-order valence-electron chi connectivity index (χ1n) is 7.14. The zero-order valence-corrected chi connectivity index (χ0v) is 13.9. The average Bonchev–Trinajstić information content (AvgIpc) is 2.65. The highest BCUT2D eigenvalue weighted by Gasteiger charge is 2.26. The van der Waals surface area contributed by atoms with E-state index in [1.54, 1.807) is 18.2 Å². The van der Waals surface area contributed by atoms with Crippen LogP contribution in [0, 0.1) is 0 Å². The van der Waals surface area contributed by atoms with Crippen LogP contribution in [0.4, 0.5) is 0 Å². The number of hydrogen-bond acceptors (Lipinski definition) is 6. The molecule has 2 aromatic carbocycles. The van der Waals surface area contributed by atoms with Gasteiger partial charge in [-0.1, -0.05) is 6.07 Å². The number of carbonyl (C=O) groups excluding carboxylic acids is 2. The molecule has 130 valence electrons. The molecule has 7 heteroatoms. The van der Waals surface area contributed by atoms with Gasteiger partial charge < -0.3 is 19.3 Å². The van der Waals surface area contributed by atoms with E-state index in [0.29, 0.717) is 6.29 Å². The Morgan fingerprint density at radius 1 is 0.920 bits per heavy atom. The number of benzene rings is 2. The SMILES string of the molecule is COc1cc(C(=O)O)cc(C=O)c1C(=O)c1c(OC)cccc1OC. The topological polar surface area (TPSA) is 99.1 Å². The number of carbonyl (C=O) groups is 3. The van der Waals surface area contributed by atoms with Crippen LogP contribution < -0.4 is 14.2 Å². The van der Waals surface area contributed by atoms with E-state index < -0.39 is 11.8 Å². The second-order valence-corrected chi connectivity index (χ2v) is 4.93. The summed E-state index contributed by atoms with van der Waals surface area (Å²) in [4.78, 5) is 35.7. The normalized spacial score (nSPS) is 10.0. The Kier molecular flexibility index (Phi) is 5.38. The van der Waals surface area contributed by atoms with E-state index in [2.05, 4.69) is 0 Å². The predicted octanol–water partition coefficient (Wildman–Crippen LogP) is 2.45. The molecule has 0 radical (unpaired) electrons. The number of carboxylic acid groups (broad SMARTS) is 1. The molecule has 0 atom stereocenters. The minimum absolute atomic E-state index is 0.0278. The molecule has 1 N–H and O–H groups in total. The molecule has 0 unspecified atom stereocenters. The largest absolute Gasteiger partial charge is 0.496 e. The van der Waals surface area contributed by atoms with Gasteiger partial charge in [0.2, 0.25) is 5.78 Å². The summed E-state index contributed by atoms with van der Waals surface area (Å²) in [6.45, 7) is 0. The molecule has 0 heterocycles. The van der Waals surface area contributed by atoms with E-state index in [1.165, 1.54) is 27.4 Å². The van der Waals surface area contributed by atoms with E-state index in [4.69, 9.17) is 19.3 Å². The van der Waals surface area contributed by atoms with Crippen molar-refractivity contribution in [2.75, 3.05) is 21.3 Å². The van der Waals surface area contributed by atoms with Gasteiger partial charge in [-0.3, -0.25) is 9.59 Å². The number of ketones is 1. The van der Waals surface area contributed by atoms with Crippen LogP contribution in [0.2, 0.25) is 0 Å². The predicted molar refractivity (Wildman–Crippen MR) is 88.3 cm³/mol. The van der Waals surface area contributed by atoms with Gasteiger partial charge in [0.05, 0.1) is 32.5 Å². The molecule has 2 rings (SSSR count). The van der Waals surface area contributed by atoms with Crippen LogP contribution in [0.25, 0.3) is 0 Å². The van der Waals surface area contributed by atoms with E-state index in [9.17, 15) is 14.4 Å². The van der Waals surface area contributed by atoms with Crippen molar-refractivity contribution in [3.05, 3.63) is 52.6 Å². The molecule has 0 saturated carbocycles. The van der Waals surface area contributed by atoms with Crippen LogP contribution in [0.3, 0.4) is 0 Å². The van der Waals surface area contributed by atoms with E-state index in [0.717, 1.165) is 6.07 Å². The van der Waals surface area contributed by atoms with Gasteiger partial charge in [0.15, 0.2) is 6.29 Å². The van der Waals surface area contributed by atoms with Gasteiger partial charge in [0, 0.05) is 5.56 Å². The number of rotatable bonds is 7. The van der Waals surface area contributed by atoms with Crippen molar-refractivity contribution in [2.45, 2.75) is 0 Å². The van der Waals surface area contributed by atoms with Crippen LogP contribution in [0.5, 0.6) is 17.2 Å². The standard InChI is InChI=1S/C18H16O7/c1-23-12-5-4-6-13(24-2)16(12)17(20)15-11(9-19)7-10(18(21)22)8-14(15)25-3/h4-9H,1-3H3,(H,21,22). The smallest absolute Gasteiger partial charge is 0.335 e. The van der Waals surface area contributed by atoms with E-state index in [1.807, 2.05) is 0 Å². The maximum Gasteiger partial charge on any atom is 0.335 e. The highest BCUT2D eigenvalue weighted by atomic mass is 16.5. The van der Waals surface area contributed by atoms with Gasteiger partial charge in [0.25, 0.3) is 0 Å². The zero-order valence-electron chi connectivity index (χ0n) is 13.9. The highest BCUT2D eigenvalue weighted by Crippen LogP contribution is 2.34. The molecule has 0 aliphatic heterocycles. The fourth-order valence-corrected chi connectivity index (χ4v) is 2.46. The van der Waals surface area contributed by atoms with Crippen LogP contribution in [-0.4, -0.2) is 44.5 Å². The van der Waals surface area contributed by atoms with Gasteiger partial charge in [0.1, 0.15) is 22.8 Å². The van der Waals surface area contributed by atoms with Gasteiger partial charge in [-0.25, -0.2) is 4.79 Å². The van der Waals surface area contributed by atoms with Crippen molar-refractivity contribution >= 4 is 18.0 Å². The lowest BCUT2D eigenvalue weighted by Crippen LogP contribution is -2.12. The number of hydrogen-bond donors (Lipinski definition) is 1. The van der Waals surface area contributed by atoms with Gasteiger partial charge >= 0.3 is 5.97 Å². The van der Waals surface area contributed by atoms with Crippen LogP contribution >= 0.6 is 0 Å². The maximum absolute atomic E-state index is 13.1. The summed E-state index contributed by atoms with van der Waals surface area (Å²) >= 11 is 0. The van der Waals surface area contributed by atoms with Crippen molar-refractivity contribution in [3.8, 4) is 17.2 Å². The number of carboxylic acids is 1. The van der Waals surface area contributed by atoms with Crippen LogP contribution in [0.1, 0.15) is 36.6 Å². The van der Waals surface area contributed by atoms with Crippen molar-refractivity contribution in [3.63, 3.8) is 0 Å². The zero-order chi connectivity index (χ0) is 18.6. The molecular formula is C18H16O7. The summed E-state index contributed by atoms with van der Waals surface area (Å²) in [5, 5.41) is 9.14. The second kappa shape index (κ2) is 7.48. The molecular weight excluding hydrogens is 328 g/mol. The molecule has 0 aromatic heterocycles. The third-order valence-corrected chi connectivity index (χ3v) is 3.61. The van der Waals surface area contributed by atoms with Gasteiger partial charge in [-0.05, 0) is 24.3 Å². The number of methoxy groups -OCH3 is 3. The monoisotopic (exact) mass is 344 g/mol. The van der Waals surface area contributed by atoms with Crippen molar-refractivity contribution in [1.29, 1.82) is 0 Å². The van der Waals surface area contributed by atoms with Crippen LogP contribution in [-0.2, 0) is 0 Å². The molecule has 0 bridgehead atoms. The van der Waals surface area contributed by atoms with Crippen molar-refractivity contribution in [1.82, 2.24) is 0 Å². The van der Waals surface area contributed by atoms with Gasteiger partial charge in [-0.2, -0.15) is 0 Å². The molecule has 0 aliphatic carbocycles. The first-order chi connectivity index (χ1) is 12.0. The Bertz CT molecular complexity index is 817. The van der Waals surface area contributed by atoms with Gasteiger partial charge in [-0.15, -0.1) is 0 Å². The third kappa shape index (κ3) is 3.30. The minimum Gasteiger partial charge on any atom is -0.496 e. The lowest BCUT2D eigenvalue weighted by Gasteiger charge is -2.15. The summed E-state index contributed by atoms with van der Waals surface area (Å²) in [7, 11) is 4.08. The molecule has 0 amide bonds. The quantitative estimate of drug-likeness (QED) is 0.608. The number of aromatic carboxylic acids is 1. The van der Waals surface area contributed by atoms with Crippen molar-refractivity contribution < 1.29 is 33.7 Å². The van der Waals surface area contributed by atoms with E-state index >= 15 is 0 Å². The summed E-state index contributed by atoms with van der Waals surface area (Å²) in [6, 6.07) is 7.11. The first kappa shape index (κ1) is 18.0. The Morgan fingerprint density at radius 3 is 1.92 bits per heavy atom. The third-order valence-electron chi connectivity index (χ3n) is 3.61. The summed E-state index contributed by atoms with van der Waals surface area (Å²) in [5.74, 6) is -1.34. The average molecular weight is 344 g/mol. The fraction of sp³-hybridized carbons (Fsp3) is 0.167. The minimum atomic E-state index is -1.24. The molecule has 0 spiro atoms. The highest BCUT2D eigenvalue weighted by molar-refractivity contribution is 6.17. The van der Waals surface area contributed by atoms with Crippen molar-refractivity contribution in [2.24, 2.45) is 0 Å². The van der Waals surface area contributed by atoms with Crippen LogP contribution in [0.15, 0.2) is 30.3 Å². The second-order valence-electron chi connectivity index (χ2n) is 4.93. The Balaban J connectivity index is 2.76. The molecule has 7 nitrogen and oxygen atoms in total. The summed E-state index contributed by atoms with van der Waals surface area (Å²) in [5.41, 5.74) is -0.223. The maximum atomic E-state index is 13.1. The first-order valence-corrected chi connectivity index (χ1v) is 7.14. The number of ether oxygens (including phenoxy) is 3. The molecule has 0 saturated heterocycles. The van der Waals surface area contributed by atoms with E-state index in [-0.39, 0.29) is 39.5 Å². The fourth-order valence-electron chi connectivity index (χ4n) is 2.46. The number of aldehydes is 1. The summed E-state index contributed by atoms with van der Waals surface area (Å²) < 4.78 is 15.6. The Morgan fingerprint density at radius 2 is 1.48 bits per heavy atom. The Hall–Kier alpha value is -3.35. The Labute approximate surface area is 143 Å².